The second kappa shape index (κ2) is 10.1. The van der Waals surface area contributed by atoms with Gasteiger partial charge in [-0.05, 0) is 60.9 Å². The summed E-state index contributed by atoms with van der Waals surface area (Å²) in [5.41, 5.74) is 5.81. The minimum Gasteiger partial charge on any atom is -0.464 e. The van der Waals surface area contributed by atoms with Crippen molar-refractivity contribution in [2.24, 2.45) is 5.92 Å². The van der Waals surface area contributed by atoms with Gasteiger partial charge in [0.2, 0.25) is 0 Å². The van der Waals surface area contributed by atoms with Crippen molar-refractivity contribution in [3.8, 4) is 0 Å². The summed E-state index contributed by atoms with van der Waals surface area (Å²) in [6, 6.07) is 19.9. The van der Waals surface area contributed by atoms with Gasteiger partial charge in [0.1, 0.15) is 5.58 Å². The topological polar surface area (TPSA) is 67.6 Å². The molecule has 1 atom stereocenters. The Morgan fingerprint density at radius 2 is 2.09 bits per heavy atom. The fourth-order valence-electron chi connectivity index (χ4n) is 4.55. The average molecular weight is 456 g/mol. The van der Waals surface area contributed by atoms with Gasteiger partial charge in [-0.15, -0.1) is 0 Å². The first-order valence-corrected chi connectivity index (χ1v) is 11.7. The Kier molecular flexibility index (Phi) is 6.58. The molecule has 1 aliphatic rings. The Labute approximate surface area is 199 Å². The van der Waals surface area contributed by atoms with Crippen molar-refractivity contribution in [1.82, 2.24) is 9.88 Å². The lowest BCUT2D eigenvalue weighted by Gasteiger charge is -2.24. The summed E-state index contributed by atoms with van der Waals surface area (Å²) in [4.78, 5) is 19.8. The molecule has 174 valence electrons. The number of aryl methyl sites for hydroxylation is 1. The van der Waals surface area contributed by atoms with E-state index < -0.39 is 0 Å². The highest BCUT2D eigenvalue weighted by molar-refractivity contribution is 5.95. The van der Waals surface area contributed by atoms with Gasteiger partial charge in [-0.2, -0.15) is 0 Å². The zero-order chi connectivity index (χ0) is 23.3. The fourth-order valence-corrected chi connectivity index (χ4v) is 4.55. The molecule has 1 saturated heterocycles. The van der Waals surface area contributed by atoms with Gasteiger partial charge in [-0.3, -0.25) is 9.78 Å². The predicted octanol–water partition coefficient (Wildman–Crippen LogP) is 5.08. The number of benzene rings is 2. The number of carbonyl (C=O) groups excluding carboxylic acids is 1. The lowest BCUT2D eigenvalue weighted by molar-refractivity contribution is 0.0737. The predicted molar refractivity (Wildman–Crippen MR) is 133 cm³/mol. The number of carbonyl (C=O) groups is 1. The summed E-state index contributed by atoms with van der Waals surface area (Å²) < 4.78 is 11.4. The molecule has 0 unspecified atom stereocenters. The van der Waals surface area contributed by atoms with Crippen LogP contribution in [0.25, 0.3) is 11.0 Å². The van der Waals surface area contributed by atoms with Gasteiger partial charge in [0.25, 0.3) is 5.91 Å². The number of amides is 1. The first kappa shape index (κ1) is 22.2. The molecule has 2 aromatic heterocycles. The molecule has 0 radical (unpaired) electrons. The summed E-state index contributed by atoms with van der Waals surface area (Å²) >= 11 is 0. The second-order valence-corrected chi connectivity index (χ2v) is 8.85. The molecule has 1 amide bonds. The highest BCUT2D eigenvalue weighted by Crippen LogP contribution is 2.25. The third-order valence-electron chi connectivity index (χ3n) is 6.39. The summed E-state index contributed by atoms with van der Waals surface area (Å²) in [5, 5.41) is 4.56. The Morgan fingerprint density at radius 3 is 2.97 bits per heavy atom. The summed E-state index contributed by atoms with van der Waals surface area (Å²) in [6.07, 6.45) is 4.35. The van der Waals surface area contributed by atoms with Crippen LogP contribution in [0.1, 0.15) is 27.2 Å². The molecule has 6 heteroatoms. The molecule has 0 saturated carbocycles. The molecule has 1 aliphatic heterocycles. The van der Waals surface area contributed by atoms with Crippen LogP contribution in [0.3, 0.4) is 0 Å². The van der Waals surface area contributed by atoms with Gasteiger partial charge in [0, 0.05) is 41.8 Å². The highest BCUT2D eigenvalue weighted by Gasteiger charge is 2.24. The molecule has 1 fully saturated rings. The number of furan rings is 1. The Hall–Kier alpha value is -3.64. The largest absolute Gasteiger partial charge is 0.464 e. The van der Waals surface area contributed by atoms with Crippen LogP contribution in [-0.2, 0) is 17.7 Å². The van der Waals surface area contributed by atoms with E-state index in [9.17, 15) is 4.79 Å². The molecule has 6 nitrogen and oxygen atoms in total. The standard InChI is InChI=1S/C28H29N3O3/c1-20-8-9-23(16-26(20)30-17-24-6-2-3-11-29-24)28(32)31-12-14-33-19-21(18-31)15-22-5-4-7-27-25(22)10-13-34-27/h2-11,13,16,21,30H,12,14-15,17-19H2,1H3/t21-/m0/s1. The van der Waals surface area contributed by atoms with E-state index in [1.807, 2.05) is 66.4 Å². The van der Waals surface area contributed by atoms with Gasteiger partial charge in [-0.1, -0.05) is 24.3 Å². The van der Waals surface area contributed by atoms with Crippen molar-refractivity contribution >= 4 is 22.6 Å². The van der Waals surface area contributed by atoms with E-state index in [-0.39, 0.29) is 11.8 Å². The van der Waals surface area contributed by atoms with E-state index in [4.69, 9.17) is 9.15 Å². The van der Waals surface area contributed by atoms with Gasteiger partial charge in [0.05, 0.1) is 31.7 Å². The van der Waals surface area contributed by atoms with E-state index in [0.29, 0.717) is 38.4 Å². The number of hydrogen-bond donors (Lipinski definition) is 1. The molecule has 2 aromatic carbocycles. The number of fused-ring (bicyclic) bond motifs is 1. The van der Waals surface area contributed by atoms with Crippen molar-refractivity contribution in [1.29, 1.82) is 0 Å². The van der Waals surface area contributed by atoms with Crippen molar-refractivity contribution in [3.63, 3.8) is 0 Å². The molecule has 5 rings (SSSR count). The van der Waals surface area contributed by atoms with Gasteiger partial charge in [0.15, 0.2) is 0 Å². The number of hydrogen-bond acceptors (Lipinski definition) is 5. The lowest BCUT2D eigenvalue weighted by Crippen LogP contribution is -2.36. The van der Waals surface area contributed by atoms with Crippen LogP contribution in [-0.4, -0.2) is 42.1 Å². The lowest BCUT2D eigenvalue weighted by atomic mass is 9.97. The average Bonchev–Trinajstić information content (AvgIpc) is 3.24. The van der Waals surface area contributed by atoms with Crippen LogP contribution in [0.4, 0.5) is 5.69 Å². The normalized spacial score (nSPS) is 16.4. The SMILES string of the molecule is Cc1ccc(C(=O)N2CCOC[C@@H](Cc3cccc4occc34)C2)cc1NCc1ccccn1. The molecule has 4 aromatic rings. The number of aromatic nitrogens is 1. The second-order valence-electron chi connectivity index (χ2n) is 8.85. The first-order valence-electron chi connectivity index (χ1n) is 11.7. The summed E-state index contributed by atoms with van der Waals surface area (Å²) in [5.74, 6) is 0.261. The Bertz CT molecular complexity index is 1270. The van der Waals surface area contributed by atoms with E-state index >= 15 is 0 Å². The van der Waals surface area contributed by atoms with E-state index in [1.54, 1.807) is 12.5 Å². The van der Waals surface area contributed by atoms with Crippen LogP contribution < -0.4 is 5.32 Å². The summed E-state index contributed by atoms with van der Waals surface area (Å²) in [6.45, 7) is 5.10. The smallest absolute Gasteiger partial charge is 0.254 e. The fraction of sp³-hybridized carbons (Fsp3) is 0.286. The number of nitrogens with one attached hydrogen (secondary N) is 1. The zero-order valence-electron chi connectivity index (χ0n) is 19.4. The van der Waals surface area contributed by atoms with E-state index in [1.165, 1.54) is 5.56 Å². The quantitative estimate of drug-likeness (QED) is 0.439. The molecular formula is C28H29N3O3. The number of anilines is 1. The van der Waals surface area contributed by atoms with Crippen LogP contribution in [0.2, 0.25) is 0 Å². The molecule has 34 heavy (non-hydrogen) atoms. The monoisotopic (exact) mass is 455 g/mol. The van der Waals surface area contributed by atoms with Crippen LogP contribution in [0, 0.1) is 12.8 Å². The maximum absolute atomic E-state index is 13.5. The number of ether oxygens (including phenoxy) is 1. The van der Waals surface area contributed by atoms with Gasteiger partial charge in [-0.25, -0.2) is 0 Å². The minimum absolute atomic E-state index is 0.0397. The van der Waals surface area contributed by atoms with Crippen LogP contribution >= 0.6 is 0 Å². The zero-order valence-corrected chi connectivity index (χ0v) is 19.4. The highest BCUT2D eigenvalue weighted by atomic mass is 16.5. The Balaban J connectivity index is 1.29. The van der Waals surface area contributed by atoms with Crippen molar-refractivity contribution in [2.45, 2.75) is 19.9 Å². The number of pyridine rings is 1. The minimum atomic E-state index is 0.0397. The third-order valence-corrected chi connectivity index (χ3v) is 6.39. The van der Waals surface area contributed by atoms with Gasteiger partial charge >= 0.3 is 0 Å². The maximum atomic E-state index is 13.5. The first-order chi connectivity index (χ1) is 16.7. The summed E-state index contributed by atoms with van der Waals surface area (Å²) in [7, 11) is 0. The number of nitrogens with zero attached hydrogens (tertiary/aromatic N) is 2. The van der Waals surface area contributed by atoms with Crippen molar-refractivity contribution < 1.29 is 13.9 Å². The maximum Gasteiger partial charge on any atom is 0.254 e. The molecule has 3 heterocycles. The molecular weight excluding hydrogens is 426 g/mol. The van der Waals surface area contributed by atoms with Crippen molar-refractivity contribution in [2.75, 3.05) is 31.6 Å². The van der Waals surface area contributed by atoms with E-state index in [0.717, 1.165) is 34.3 Å². The third kappa shape index (κ3) is 4.97. The Morgan fingerprint density at radius 1 is 1.15 bits per heavy atom. The molecule has 1 N–H and O–H groups in total. The number of rotatable bonds is 6. The van der Waals surface area contributed by atoms with Crippen LogP contribution in [0.5, 0.6) is 0 Å². The van der Waals surface area contributed by atoms with Crippen LogP contribution in [0.15, 0.2) is 77.5 Å². The molecule has 0 spiro atoms. The van der Waals surface area contributed by atoms with E-state index in [2.05, 4.69) is 16.4 Å². The molecule has 0 bridgehead atoms. The molecule has 0 aliphatic carbocycles. The van der Waals surface area contributed by atoms with Gasteiger partial charge < -0.3 is 19.4 Å². The van der Waals surface area contributed by atoms with Crippen molar-refractivity contribution in [3.05, 3.63) is 95.5 Å².